The van der Waals surface area contributed by atoms with Crippen molar-refractivity contribution in [2.24, 2.45) is 0 Å². The van der Waals surface area contributed by atoms with Crippen LogP contribution >= 0.6 is 34.8 Å². The second-order valence-electron chi connectivity index (χ2n) is 4.83. The predicted molar refractivity (Wildman–Crippen MR) is 96.3 cm³/mol. The van der Waals surface area contributed by atoms with Gasteiger partial charge in [-0.25, -0.2) is 0 Å². The minimum absolute atomic E-state index is 0.0419. The molecule has 7 heteroatoms. The van der Waals surface area contributed by atoms with Crippen molar-refractivity contribution in [3.63, 3.8) is 0 Å². The fraction of sp³-hybridized carbons (Fsp3) is 0.188. The van der Waals surface area contributed by atoms with E-state index in [2.05, 4.69) is 10.6 Å². The topological polar surface area (TPSA) is 50.4 Å². The standard InChI is InChI=1S/C16H15Cl3N2O2/c1-9-5-14(15(23-2)7-12(9)19)20-8-16(22)21-13-6-10(17)3-4-11(13)18/h3-7,20H,8H2,1-2H3,(H,21,22). The molecule has 0 radical (unpaired) electrons. The summed E-state index contributed by atoms with van der Waals surface area (Å²) in [7, 11) is 1.54. The molecule has 0 saturated carbocycles. The lowest BCUT2D eigenvalue weighted by atomic mass is 10.2. The van der Waals surface area contributed by atoms with E-state index in [-0.39, 0.29) is 12.5 Å². The zero-order valence-corrected chi connectivity index (χ0v) is 14.8. The highest BCUT2D eigenvalue weighted by molar-refractivity contribution is 6.35. The fourth-order valence-corrected chi connectivity index (χ4v) is 2.42. The van der Waals surface area contributed by atoms with Crippen LogP contribution in [0.2, 0.25) is 15.1 Å². The van der Waals surface area contributed by atoms with Gasteiger partial charge in [-0.1, -0.05) is 34.8 Å². The second-order valence-corrected chi connectivity index (χ2v) is 6.08. The Morgan fingerprint density at radius 1 is 1.09 bits per heavy atom. The number of carbonyl (C=O) groups excluding carboxylic acids is 1. The number of nitrogens with one attached hydrogen (secondary N) is 2. The molecule has 0 aliphatic heterocycles. The number of halogens is 3. The van der Waals surface area contributed by atoms with E-state index in [0.29, 0.717) is 32.2 Å². The monoisotopic (exact) mass is 372 g/mol. The Balaban J connectivity index is 2.05. The third-order valence-corrected chi connectivity index (χ3v) is 4.09. The fourth-order valence-electron chi connectivity index (χ4n) is 1.93. The first-order valence-electron chi connectivity index (χ1n) is 6.73. The van der Waals surface area contributed by atoms with Crippen LogP contribution in [0, 0.1) is 6.92 Å². The van der Waals surface area contributed by atoms with E-state index in [1.54, 1.807) is 24.3 Å². The van der Waals surface area contributed by atoms with E-state index in [1.165, 1.54) is 7.11 Å². The number of anilines is 2. The molecule has 0 spiro atoms. The average Bonchev–Trinajstić information content (AvgIpc) is 2.51. The smallest absolute Gasteiger partial charge is 0.243 e. The predicted octanol–water partition coefficient (Wildman–Crippen LogP) is 5.01. The van der Waals surface area contributed by atoms with Gasteiger partial charge in [0.25, 0.3) is 0 Å². The number of hydrogen-bond donors (Lipinski definition) is 2. The summed E-state index contributed by atoms with van der Waals surface area (Å²) in [5, 5.41) is 7.23. The number of rotatable bonds is 5. The molecular formula is C16H15Cl3N2O2. The Morgan fingerprint density at radius 3 is 2.52 bits per heavy atom. The molecule has 1 amide bonds. The Bertz CT molecular complexity index is 736. The molecule has 4 nitrogen and oxygen atoms in total. The minimum atomic E-state index is -0.260. The summed E-state index contributed by atoms with van der Waals surface area (Å²) in [4.78, 5) is 12.1. The van der Waals surface area contributed by atoms with Gasteiger partial charge in [-0.2, -0.15) is 0 Å². The van der Waals surface area contributed by atoms with Crippen molar-refractivity contribution in [2.45, 2.75) is 6.92 Å². The summed E-state index contributed by atoms with van der Waals surface area (Å²) >= 11 is 18.0. The molecule has 0 bridgehead atoms. The van der Waals surface area contributed by atoms with Crippen LogP contribution in [0.1, 0.15) is 5.56 Å². The molecule has 2 N–H and O–H groups in total. The maximum absolute atomic E-state index is 12.1. The Labute approximate surface area is 149 Å². The van der Waals surface area contributed by atoms with Gasteiger partial charge < -0.3 is 15.4 Å². The van der Waals surface area contributed by atoms with Gasteiger partial charge in [-0.15, -0.1) is 0 Å². The van der Waals surface area contributed by atoms with Gasteiger partial charge in [0.15, 0.2) is 0 Å². The van der Waals surface area contributed by atoms with Gasteiger partial charge in [-0.3, -0.25) is 4.79 Å². The lowest BCUT2D eigenvalue weighted by molar-refractivity contribution is -0.114. The van der Waals surface area contributed by atoms with Crippen molar-refractivity contribution in [3.05, 3.63) is 51.0 Å². The average molecular weight is 374 g/mol. The molecule has 0 saturated heterocycles. The first-order chi connectivity index (χ1) is 10.9. The normalized spacial score (nSPS) is 10.3. The molecule has 122 valence electrons. The molecule has 0 heterocycles. The molecule has 0 fully saturated rings. The van der Waals surface area contributed by atoms with Crippen molar-refractivity contribution >= 4 is 52.1 Å². The summed E-state index contributed by atoms with van der Waals surface area (Å²) in [5.74, 6) is 0.304. The van der Waals surface area contributed by atoms with E-state index in [1.807, 2.05) is 13.0 Å². The van der Waals surface area contributed by atoms with Crippen LogP contribution in [0.4, 0.5) is 11.4 Å². The molecule has 0 aliphatic carbocycles. The highest BCUT2D eigenvalue weighted by atomic mass is 35.5. The lowest BCUT2D eigenvalue weighted by Gasteiger charge is -2.13. The van der Waals surface area contributed by atoms with E-state index in [0.717, 1.165) is 5.56 Å². The molecule has 0 atom stereocenters. The molecular weight excluding hydrogens is 359 g/mol. The van der Waals surface area contributed by atoms with Crippen LogP contribution in [-0.2, 0) is 4.79 Å². The van der Waals surface area contributed by atoms with Crippen LogP contribution < -0.4 is 15.4 Å². The number of methoxy groups -OCH3 is 1. The third-order valence-electron chi connectivity index (χ3n) is 3.12. The first kappa shape index (κ1) is 17.7. The van der Waals surface area contributed by atoms with Crippen molar-refractivity contribution < 1.29 is 9.53 Å². The maximum Gasteiger partial charge on any atom is 0.243 e. The first-order valence-corrected chi connectivity index (χ1v) is 7.87. The number of benzene rings is 2. The molecule has 23 heavy (non-hydrogen) atoms. The van der Waals surface area contributed by atoms with Crippen molar-refractivity contribution in [1.29, 1.82) is 0 Å². The van der Waals surface area contributed by atoms with Gasteiger partial charge in [0.1, 0.15) is 5.75 Å². The quantitative estimate of drug-likeness (QED) is 0.774. The highest BCUT2D eigenvalue weighted by Gasteiger charge is 2.10. The summed E-state index contributed by atoms with van der Waals surface area (Å²) in [6.45, 7) is 1.92. The van der Waals surface area contributed by atoms with Crippen LogP contribution in [0.15, 0.2) is 30.3 Å². The van der Waals surface area contributed by atoms with Gasteiger partial charge >= 0.3 is 0 Å². The maximum atomic E-state index is 12.1. The third kappa shape index (κ3) is 4.67. The van der Waals surface area contributed by atoms with Crippen molar-refractivity contribution in [2.75, 3.05) is 24.3 Å². The largest absolute Gasteiger partial charge is 0.495 e. The summed E-state index contributed by atoms with van der Waals surface area (Å²) in [6.07, 6.45) is 0. The second kappa shape index (κ2) is 7.77. The molecule has 2 aromatic rings. The van der Waals surface area contributed by atoms with Crippen LogP contribution in [0.5, 0.6) is 5.75 Å². The number of ether oxygens (including phenoxy) is 1. The van der Waals surface area contributed by atoms with Crippen molar-refractivity contribution in [3.8, 4) is 5.75 Å². The highest BCUT2D eigenvalue weighted by Crippen LogP contribution is 2.31. The molecule has 0 unspecified atom stereocenters. The van der Waals surface area contributed by atoms with E-state index in [4.69, 9.17) is 39.5 Å². The molecule has 0 aromatic heterocycles. The zero-order chi connectivity index (χ0) is 17.0. The van der Waals surface area contributed by atoms with Gasteiger partial charge in [0.2, 0.25) is 5.91 Å². The SMILES string of the molecule is COc1cc(Cl)c(C)cc1NCC(=O)Nc1cc(Cl)ccc1Cl. The zero-order valence-electron chi connectivity index (χ0n) is 12.5. The van der Waals surface area contributed by atoms with Crippen LogP contribution in [0.3, 0.4) is 0 Å². The Hall–Kier alpha value is -1.62. The Morgan fingerprint density at radius 2 is 1.83 bits per heavy atom. The molecule has 2 aromatic carbocycles. The molecule has 0 aliphatic rings. The minimum Gasteiger partial charge on any atom is -0.495 e. The molecule has 2 rings (SSSR count). The van der Waals surface area contributed by atoms with Gasteiger partial charge in [0.05, 0.1) is 30.1 Å². The van der Waals surface area contributed by atoms with E-state index in [9.17, 15) is 4.79 Å². The number of aryl methyl sites for hydroxylation is 1. The van der Waals surface area contributed by atoms with Gasteiger partial charge in [0, 0.05) is 16.1 Å². The summed E-state index contributed by atoms with van der Waals surface area (Å²) in [5.41, 5.74) is 2.03. The van der Waals surface area contributed by atoms with E-state index < -0.39 is 0 Å². The van der Waals surface area contributed by atoms with Crippen molar-refractivity contribution in [1.82, 2.24) is 0 Å². The number of amides is 1. The van der Waals surface area contributed by atoms with Gasteiger partial charge in [-0.05, 0) is 36.8 Å². The van der Waals surface area contributed by atoms with Crippen LogP contribution in [0.25, 0.3) is 0 Å². The summed E-state index contributed by atoms with van der Waals surface area (Å²) in [6, 6.07) is 8.39. The van der Waals surface area contributed by atoms with Crippen LogP contribution in [-0.4, -0.2) is 19.6 Å². The van der Waals surface area contributed by atoms with E-state index >= 15 is 0 Å². The number of hydrogen-bond acceptors (Lipinski definition) is 3. The summed E-state index contributed by atoms with van der Waals surface area (Å²) < 4.78 is 5.25. The number of carbonyl (C=O) groups is 1. The lowest BCUT2D eigenvalue weighted by Crippen LogP contribution is -2.22. The Kier molecular flexibility index (Phi) is 5.99.